The van der Waals surface area contributed by atoms with Gasteiger partial charge in [-0.25, -0.2) is 4.79 Å². The van der Waals surface area contributed by atoms with E-state index in [1.54, 1.807) is 24.3 Å². The molecule has 0 saturated heterocycles. The standard InChI is InChI=1S/C14H14ClN3O5/c15-9-3-1-2-4-10(9)16-11(19)5-6-12(20)17-18-13(21)7-8-14(22)23/h1-4,7-8H,5-6H2,(H,16,19)(H,17,20)(H,18,21)(H,22,23). The van der Waals surface area contributed by atoms with Crippen LogP contribution in [0.2, 0.25) is 5.02 Å². The van der Waals surface area contributed by atoms with Crippen LogP contribution in [0.3, 0.4) is 0 Å². The second kappa shape index (κ2) is 9.21. The van der Waals surface area contributed by atoms with E-state index in [-0.39, 0.29) is 12.8 Å². The van der Waals surface area contributed by atoms with E-state index in [9.17, 15) is 19.2 Å². The molecule has 1 aromatic rings. The van der Waals surface area contributed by atoms with Crippen molar-refractivity contribution >= 4 is 41.0 Å². The number of carbonyl (C=O) groups excluding carboxylic acids is 3. The van der Waals surface area contributed by atoms with E-state index in [0.717, 1.165) is 6.08 Å². The molecule has 4 N–H and O–H groups in total. The van der Waals surface area contributed by atoms with Crippen LogP contribution in [0.1, 0.15) is 12.8 Å². The number of carboxylic acids is 1. The molecule has 8 nitrogen and oxygen atoms in total. The third kappa shape index (κ3) is 7.63. The van der Waals surface area contributed by atoms with Crippen molar-refractivity contribution in [2.75, 3.05) is 5.32 Å². The Bertz CT molecular complexity index is 645. The van der Waals surface area contributed by atoms with Gasteiger partial charge in [-0.1, -0.05) is 23.7 Å². The number of hydrogen-bond donors (Lipinski definition) is 4. The van der Waals surface area contributed by atoms with Crippen LogP contribution in [0.25, 0.3) is 0 Å². The second-order valence-electron chi connectivity index (χ2n) is 4.24. The van der Waals surface area contributed by atoms with Gasteiger partial charge in [0.2, 0.25) is 11.8 Å². The summed E-state index contributed by atoms with van der Waals surface area (Å²) >= 11 is 5.88. The minimum Gasteiger partial charge on any atom is -0.478 e. The third-order valence-electron chi connectivity index (χ3n) is 2.43. The number of halogens is 1. The van der Waals surface area contributed by atoms with Crippen molar-refractivity contribution in [1.82, 2.24) is 10.9 Å². The number of hydrogen-bond acceptors (Lipinski definition) is 4. The molecule has 1 rings (SSSR count). The number of carboxylic acid groups (broad SMARTS) is 1. The number of amides is 3. The van der Waals surface area contributed by atoms with Crippen molar-refractivity contribution < 1.29 is 24.3 Å². The molecule has 0 fully saturated rings. The van der Waals surface area contributed by atoms with Gasteiger partial charge < -0.3 is 10.4 Å². The van der Waals surface area contributed by atoms with Crippen LogP contribution in [-0.2, 0) is 19.2 Å². The molecular formula is C14H14ClN3O5. The zero-order chi connectivity index (χ0) is 17.2. The Morgan fingerprint density at radius 1 is 1.00 bits per heavy atom. The van der Waals surface area contributed by atoms with Crippen molar-refractivity contribution in [2.45, 2.75) is 12.8 Å². The van der Waals surface area contributed by atoms with Crippen molar-refractivity contribution in [3.05, 3.63) is 41.4 Å². The quantitative estimate of drug-likeness (QED) is 0.451. The van der Waals surface area contributed by atoms with Crippen LogP contribution in [0.5, 0.6) is 0 Å². The predicted molar refractivity (Wildman–Crippen MR) is 82.4 cm³/mol. The molecule has 9 heteroatoms. The Labute approximate surface area is 136 Å². The number of hydrazine groups is 1. The first kappa shape index (κ1) is 18.2. The summed E-state index contributed by atoms with van der Waals surface area (Å²) in [6.45, 7) is 0. The fourth-order valence-corrected chi connectivity index (χ4v) is 1.57. The molecule has 23 heavy (non-hydrogen) atoms. The first-order valence-corrected chi connectivity index (χ1v) is 6.80. The van der Waals surface area contributed by atoms with Crippen molar-refractivity contribution in [2.24, 2.45) is 0 Å². The first-order valence-electron chi connectivity index (χ1n) is 6.42. The summed E-state index contributed by atoms with van der Waals surface area (Å²) in [6.07, 6.45) is 1.09. The van der Waals surface area contributed by atoms with Crippen LogP contribution < -0.4 is 16.2 Å². The lowest BCUT2D eigenvalue weighted by molar-refractivity contribution is -0.131. The Hall–Kier alpha value is -2.87. The maximum absolute atomic E-state index is 11.7. The van der Waals surface area contributed by atoms with E-state index >= 15 is 0 Å². The Balaban J connectivity index is 2.30. The molecule has 122 valence electrons. The van der Waals surface area contributed by atoms with E-state index in [0.29, 0.717) is 16.8 Å². The number of carbonyl (C=O) groups is 4. The van der Waals surface area contributed by atoms with Crippen molar-refractivity contribution in [3.63, 3.8) is 0 Å². The molecular weight excluding hydrogens is 326 g/mol. The SMILES string of the molecule is O=C(O)C=CC(=O)NNC(=O)CCC(=O)Nc1ccccc1Cl. The normalized spacial score (nSPS) is 10.1. The number of rotatable bonds is 6. The van der Waals surface area contributed by atoms with Crippen LogP contribution in [0.15, 0.2) is 36.4 Å². The summed E-state index contributed by atoms with van der Waals surface area (Å²) < 4.78 is 0. The van der Waals surface area contributed by atoms with Gasteiger partial charge in [0.25, 0.3) is 5.91 Å². The largest absolute Gasteiger partial charge is 0.478 e. The molecule has 0 atom stereocenters. The van der Waals surface area contributed by atoms with Crippen molar-refractivity contribution in [3.8, 4) is 0 Å². The highest BCUT2D eigenvalue weighted by Crippen LogP contribution is 2.20. The summed E-state index contributed by atoms with van der Waals surface area (Å²) in [5, 5.41) is 11.2. The maximum atomic E-state index is 11.7. The Morgan fingerprint density at radius 3 is 2.30 bits per heavy atom. The molecule has 0 bridgehead atoms. The average Bonchev–Trinajstić information content (AvgIpc) is 2.51. The second-order valence-corrected chi connectivity index (χ2v) is 4.64. The zero-order valence-corrected chi connectivity index (χ0v) is 12.6. The first-order chi connectivity index (χ1) is 10.9. The highest BCUT2D eigenvalue weighted by molar-refractivity contribution is 6.33. The minimum absolute atomic E-state index is 0.113. The number of aliphatic carboxylic acids is 1. The third-order valence-corrected chi connectivity index (χ3v) is 2.76. The molecule has 0 aliphatic carbocycles. The van der Waals surface area contributed by atoms with Gasteiger partial charge in [0.1, 0.15) is 0 Å². The lowest BCUT2D eigenvalue weighted by Gasteiger charge is -2.07. The van der Waals surface area contributed by atoms with E-state index in [1.807, 2.05) is 10.9 Å². The van der Waals surface area contributed by atoms with Gasteiger partial charge in [-0.3, -0.25) is 25.2 Å². The van der Waals surface area contributed by atoms with Crippen molar-refractivity contribution in [1.29, 1.82) is 0 Å². The zero-order valence-electron chi connectivity index (χ0n) is 11.8. The average molecular weight is 340 g/mol. The minimum atomic E-state index is -1.29. The van der Waals surface area contributed by atoms with Gasteiger partial charge in [0.15, 0.2) is 0 Å². The smallest absolute Gasteiger partial charge is 0.328 e. The molecule has 0 heterocycles. The fraction of sp³-hybridized carbons (Fsp3) is 0.143. The maximum Gasteiger partial charge on any atom is 0.328 e. The molecule has 0 radical (unpaired) electrons. The summed E-state index contributed by atoms with van der Waals surface area (Å²) in [5.74, 6) is -3.11. The van der Waals surface area contributed by atoms with Crippen LogP contribution in [-0.4, -0.2) is 28.8 Å². The van der Waals surface area contributed by atoms with Gasteiger partial charge >= 0.3 is 5.97 Å². The number of nitrogens with one attached hydrogen (secondary N) is 3. The molecule has 0 saturated carbocycles. The molecule has 0 aromatic heterocycles. The summed E-state index contributed by atoms with van der Waals surface area (Å²) in [6, 6.07) is 6.65. The number of benzene rings is 1. The number of anilines is 1. The molecule has 0 aliphatic rings. The monoisotopic (exact) mass is 339 g/mol. The Kier molecular flexibility index (Phi) is 7.28. The van der Waals surface area contributed by atoms with Gasteiger partial charge in [0.05, 0.1) is 10.7 Å². The van der Waals surface area contributed by atoms with Crippen LogP contribution in [0.4, 0.5) is 5.69 Å². The predicted octanol–water partition coefficient (Wildman–Crippen LogP) is 0.847. The van der Waals surface area contributed by atoms with Gasteiger partial charge in [-0.2, -0.15) is 0 Å². The van der Waals surface area contributed by atoms with E-state index in [2.05, 4.69) is 5.32 Å². The highest BCUT2D eigenvalue weighted by atomic mass is 35.5. The molecule has 0 aliphatic heterocycles. The topological polar surface area (TPSA) is 125 Å². The van der Waals surface area contributed by atoms with E-state index < -0.39 is 23.7 Å². The van der Waals surface area contributed by atoms with Gasteiger partial charge in [0, 0.05) is 25.0 Å². The van der Waals surface area contributed by atoms with E-state index in [4.69, 9.17) is 16.7 Å². The molecule has 1 aromatic carbocycles. The molecule has 0 unspecified atom stereocenters. The summed E-state index contributed by atoms with van der Waals surface area (Å²) in [4.78, 5) is 44.4. The fourth-order valence-electron chi connectivity index (χ4n) is 1.38. The van der Waals surface area contributed by atoms with Crippen LogP contribution in [0, 0.1) is 0 Å². The molecule has 3 amide bonds. The number of para-hydroxylation sites is 1. The summed E-state index contributed by atoms with van der Waals surface area (Å²) in [7, 11) is 0. The van der Waals surface area contributed by atoms with Crippen LogP contribution >= 0.6 is 11.6 Å². The highest BCUT2D eigenvalue weighted by Gasteiger charge is 2.09. The lowest BCUT2D eigenvalue weighted by Crippen LogP contribution is -2.41. The van der Waals surface area contributed by atoms with Gasteiger partial charge in [-0.05, 0) is 12.1 Å². The molecule has 0 spiro atoms. The van der Waals surface area contributed by atoms with E-state index in [1.165, 1.54) is 0 Å². The summed E-state index contributed by atoms with van der Waals surface area (Å²) in [5.41, 5.74) is 4.46. The lowest BCUT2D eigenvalue weighted by atomic mass is 10.2. The Morgan fingerprint density at radius 2 is 1.65 bits per heavy atom. The van der Waals surface area contributed by atoms with Gasteiger partial charge in [-0.15, -0.1) is 0 Å².